The summed E-state index contributed by atoms with van der Waals surface area (Å²) in [4.78, 5) is 25.3. The molecule has 2 aromatic rings. The zero-order valence-corrected chi connectivity index (χ0v) is 14.4. The summed E-state index contributed by atoms with van der Waals surface area (Å²) in [6.07, 6.45) is 1.57. The highest BCUT2D eigenvalue weighted by Crippen LogP contribution is 2.22. The first-order valence-corrected chi connectivity index (χ1v) is 8.46. The molecule has 0 atom stereocenters. The number of benzene rings is 1. The number of furan rings is 1. The third-order valence-corrected chi connectivity index (χ3v) is 4.34. The van der Waals surface area contributed by atoms with Crippen LogP contribution >= 0.6 is 11.8 Å². The Bertz CT molecular complexity index is 789. The number of nitrogens with zero attached hydrogens (tertiary/aromatic N) is 2. The highest BCUT2D eigenvalue weighted by molar-refractivity contribution is 8.26. The summed E-state index contributed by atoms with van der Waals surface area (Å²) in [5.74, 6) is 0.973. The number of carbonyl (C=O) groups excluding carboxylic acids is 2. The normalized spacial score (nSPS) is 15.6. The predicted molar refractivity (Wildman–Crippen MR) is 94.0 cm³/mol. The van der Waals surface area contributed by atoms with Gasteiger partial charge >= 0.3 is 0 Å². The first-order chi connectivity index (χ1) is 12.1. The maximum Gasteiger partial charge on any atom is 0.278 e. The summed E-state index contributed by atoms with van der Waals surface area (Å²) < 4.78 is 10.7. The molecule has 130 valence electrons. The van der Waals surface area contributed by atoms with E-state index >= 15 is 0 Å². The fourth-order valence-electron chi connectivity index (χ4n) is 2.23. The minimum atomic E-state index is -0.395. The molecule has 1 fully saturated rings. The van der Waals surface area contributed by atoms with Gasteiger partial charge in [-0.3, -0.25) is 9.59 Å². The quantitative estimate of drug-likeness (QED) is 0.796. The van der Waals surface area contributed by atoms with E-state index in [1.54, 1.807) is 23.3 Å². The number of amidine groups is 1. The van der Waals surface area contributed by atoms with E-state index in [0.717, 1.165) is 23.1 Å². The van der Waals surface area contributed by atoms with Crippen LogP contribution in [0, 0.1) is 6.92 Å². The maximum atomic E-state index is 11.9. The van der Waals surface area contributed by atoms with E-state index in [9.17, 15) is 9.59 Å². The monoisotopic (exact) mass is 359 g/mol. The second-order valence-corrected chi connectivity index (χ2v) is 6.42. The van der Waals surface area contributed by atoms with Gasteiger partial charge in [0.25, 0.3) is 5.91 Å². The Labute approximate surface area is 149 Å². The van der Waals surface area contributed by atoms with Gasteiger partial charge in [0.05, 0.1) is 19.4 Å². The van der Waals surface area contributed by atoms with Crippen molar-refractivity contribution >= 4 is 28.0 Å². The molecular weight excluding hydrogens is 342 g/mol. The molecule has 2 heterocycles. The summed E-state index contributed by atoms with van der Waals surface area (Å²) in [7, 11) is 0. The summed E-state index contributed by atoms with van der Waals surface area (Å²) >= 11 is 0.994. The number of rotatable bonds is 6. The topological polar surface area (TPSA) is 84.1 Å². The summed E-state index contributed by atoms with van der Waals surface area (Å²) in [5, 5.41) is 4.44. The standard InChI is InChI=1S/C17H17N3O4S/c1-12-5-2-3-7-14(12)24-11-15(21)18-19-17-20(10-16(22)25-17)9-13-6-4-8-23-13/h2-8H,9-11H2,1H3,(H,18,21). The minimum absolute atomic E-state index is 0.0317. The molecule has 1 saturated heterocycles. The first-order valence-electron chi connectivity index (χ1n) is 7.65. The van der Waals surface area contributed by atoms with Gasteiger partial charge in [-0.15, -0.1) is 5.10 Å². The largest absolute Gasteiger partial charge is 0.483 e. The van der Waals surface area contributed by atoms with Crippen LogP contribution in [0.15, 0.2) is 52.2 Å². The van der Waals surface area contributed by atoms with Gasteiger partial charge in [-0.1, -0.05) is 18.2 Å². The molecule has 0 saturated carbocycles. The van der Waals surface area contributed by atoms with Crippen LogP contribution in [0.1, 0.15) is 11.3 Å². The Hall–Kier alpha value is -2.74. The average Bonchev–Trinajstić information content (AvgIpc) is 3.22. The summed E-state index contributed by atoms with van der Waals surface area (Å²) in [5.41, 5.74) is 3.37. The van der Waals surface area contributed by atoms with E-state index in [1.807, 2.05) is 31.2 Å². The Morgan fingerprint density at radius 2 is 2.20 bits per heavy atom. The molecule has 3 rings (SSSR count). The summed E-state index contributed by atoms with van der Waals surface area (Å²) in [6.45, 7) is 2.39. The predicted octanol–water partition coefficient (Wildman–Crippen LogP) is 2.13. The fraction of sp³-hybridized carbons (Fsp3) is 0.235. The number of hydrogen-bond donors (Lipinski definition) is 1. The fourth-order valence-corrected chi connectivity index (χ4v) is 3.01. The van der Waals surface area contributed by atoms with E-state index in [4.69, 9.17) is 9.15 Å². The van der Waals surface area contributed by atoms with E-state index in [2.05, 4.69) is 10.5 Å². The third kappa shape index (κ3) is 4.63. The lowest BCUT2D eigenvalue weighted by atomic mass is 10.2. The lowest BCUT2D eigenvalue weighted by molar-refractivity contribution is -0.123. The van der Waals surface area contributed by atoms with Crippen LogP contribution in [-0.2, 0) is 16.1 Å². The lowest BCUT2D eigenvalue weighted by Crippen LogP contribution is -2.30. The van der Waals surface area contributed by atoms with Gasteiger partial charge in [0, 0.05) is 0 Å². The van der Waals surface area contributed by atoms with Crippen molar-refractivity contribution in [3.8, 4) is 5.75 Å². The van der Waals surface area contributed by atoms with Gasteiger partial charge < -0.3 is 14.1 Å². The van der Waals surface area contributed by atoms with E-state index < -0.39 is 5.91 Å². The molecule has 0 unspecified atom stereocenters. The van der Waals surface area contributed by atoms with Crippen LogP contribution < -0.4 is 10.2 Å². The number of aryl methyl sites for hydroxylation is 1. The zero-order valence-electron chi connectivity index (χ0n) is 13.6. The van der Waals surface area contributed by atoms with Gasteiger partial charge in [0.1, 0.15) is 11.5 Å². The van der Waals surface area contributed by atoms with Crippen LogP contribution in [0.25, 0.3) is 0 Å². The number of hydrazone groups is 1. The molecule has 1 N–H and O–H groups in total. The Kier molecular flexibility index (Phi) is 5.39. The molecule has 1 amide bonds. The Balaban J connectivity index is 1.55. The molecule has 1 aromatic carbocycles. The van der Waals surface area contributed by atoms with Crippen molar-refractivity contribution in [2.75, 3.05) is 13.2 Å². The van der Waals surface area contributed by atoms with Crippen LogP contribution in [0.4, 0.5) is 0 Å². The smallest absolute Gasteiger partial charge is 0.278 e. The van der Waals surface area contributed by atoms with Crippen molar-refractivity contribution in [2.45, 2.75) is 13.5 Å². The number of carbonyl (C=O) groups is 2. The van der Waals surface area contributed by atoms with Crippen LogP contribution in [-0.4, -0.2) is 34.2 Å². The second kappa shape index (κ2) is 7.89. The highest BCUT2D eigenvalue weighted by Gasteiger charge is 2.28. The average molecular weight is 359 g/mol. The molecule has 25 heavy (non-hydrogen) atoms. The number of ether oxygens (including phenoxy) is 1. The molecule has 1 aromatic heterocycles. The number of para-hydroxylation sites is 1. The number of hydrogen-bond acceptors (Lipinski definition) is 6. The lowest BCUT2D eigenvalue weighted by Gasteiger charge is -2.14. The highest BCUT2D eigenvalue weighted by atomic mass is 32.2. The molecule has 0 aliphatic carbocycles. The molecule has 1 aliphatic heterocycles. The zero-order chi connectivity index (χ0) is 17.6. The Morgan fingerprint density at radius 1 is 1.36 bits per heavy atom. The van der Waals surface area contributed by atoms with E-state index in [1.165, 1.54) is 0 Å². The van der Waals surface area contributed by atoms with E-state index in [-0.39, 0.29) is 18.3 Å². The van der Waals surface area contributed by atoms with Gasteiger partial charge in [-0.2, -0.15) is 0 Å². The molecule has 8 heteroatoms. The van der Waals surface area contributed by atoms with Gasteiger partial charge in [0.15, 0.2) is 11.8 Å². The SMILES string of the molecule is Cc1ccccc1OCC(=O)NN=C1SC(=O)CN1Cc1ccco1. The van der Waals surface area contributed by atoms with Gasteiger partial charge in [-0.05, 0) is 42.4 Å². The van der Waals surface area contributed by atoms with Gasteiger partial charge in [0.2, 0.25) is 5.12 Å². The molecular formula is C17H17N3O4S. The first kappa shape index (κ1) is 17.1. The maximum absolute atomic E-state index is 11.9. The molecule has 1 aliphatic rings. The number of nitrogens with one attached hydrogen (secondary N) is 1. The van der Waals surface area contributed by atoms with Crippen molar-refractivity contribution in [1.29, 1.82) is 0 Å². The second-order valence-electron chi connectivity index (χ2n) is 5.39. The van der Waals surface area contributed by atoms with E-state index in [0.29, 0.717) is 17.5 Å². The van der Waals surface area contributed by atoms with Crippen LogP contribution in [0.3, 0.4) is 0 Å². The van der Waals surface area contributed by atoms with Crippen molar-refractivity contribution in [3.05, 3.63) is 54.0 Å². The molecule has 0 radical (unpaired) electrons. The van der Waals surface area contributed by atoms with Crippen LogP contribution in [0.2, 0.25) is 0 Å². The van der Waals surface area contributed by atoms with Crippen molar-refractivity contribution in [1.82, 2.24) is 10.3 Å². The van der Waals surface area contributed by atoms with Crippen molar-refractivity contribution in [2.24, 2.45) is 5.10 Å². The molecule has 0 spiro atoms. The molecule has 0 bridgehead atoms. The summed E-state index contributed by atoms with van der Waals surface area (Å²) in [6, 6.07) is 11.0. The number of amides is 1. The molecule has 7 nitrogen and oxygen atoms in total. The number of thioether (sulfide) groups is 1. The van der Waals surface area contributed by atoms with Crippen LogP contribution in [0.5, 0.6) is 5.75 Å². The Morgan fingerprint density at radius 3 is 2.96 bits per heavy atom. The van der Waals surface area contributed by atoms with Crippen molar-refractivity contribution < 1.29 is 18.7 Å². The minimum Gasteiger partial charge on any atom is -0.483 e. The third-order valence-electron chi connectivity index (χ3n) is 3.45. The van der Waals surface area contributed by atoms with Crippen molar-refractivity contribution in [3.63, 3.8) is 0 Å². The van der Waals surface area contributed by atoms with Gasteiger partial charge in [-0.25, -0.2) is 5.43 Å².